The van der Waals surface area contributed by atoms with E-state index in [4.69, 9.17) is 16.7 Å². The van der Waals surface area contributed by atoms with Crippen molar-refractivity contribution in [1.29, 1.82) is 0 Å². The average molecular weight is 232 g/mol. The van der Waals surface area contributed by atoms with E-state index in [1.54, 1.807) is 0 Å². The quantitative estimate of drug-likeness (QED) is 0.778. The SMILES string of the molecule is COC(=O)c1ccc(Cl)c(OC(=O)O)n1. The van der Waals surface area contributed by atoms with E-state index in [2.05, 4.69) is 14.5 Å². The van der Waals surface area contributed by atoms with Crippen LogP contribution in [0.15, 0.2) is 12.1 Å². The molecule has 0 fully saturated rings. The van der Waals surface area contributed by atoms with Crippen LogP contribution in [0, 0.1) is 0 Å². The maximum atomic E-state index is 11.0. The number of carbonyl (C=O) groups is 2. The van der Waals surface area contributed by atoms with E-state index in [1.807, 2.05) is 0 Å². The maximum Gasteiger partial charge on any atom is 0.512 e. The number of pyridine rings is 1. The lowest BCUT2D eigenvalue weighted by molar-refractivity contribution is 0.0592. The molecule has 0 aromatic carbocycles. The van der Waals surface area contributed by atoms with E-state index >= 15 is 0 Å². The molecule has 1 aromatic rings. The van der Waals surface area contributed by atoms with E-state index in [9.17, 15) is 9.59 Å². The second-order valence-electron chi connectivity index (χ2n) is 2.34. The Morgan fingerprint density at radius 3 is 2.67 bits per heavy atom. The fraction of sp³-hybridized carbons (Fsp3) is 0.125. The van der Waals surface area contributed by atoms with Crippen molar-refractivity contribution < 1.29 is 24.2 Å². The third-order valence-corrected chi connectivity index (χ3v) is 1.68. The Labute approximate surface area is 89.4 Å². The van der Waals surface area contributed by atoms with Crippen LogP contribution in [0.3, 0.4) is 0 Å². The van der Waals surface area contributed by atoms with Crippen molar-refractivity contribution in [3.05, 3.63) is 22.8 Å². The van der Waals surface area contributed by atoms with Gasteiger partial charge >= 0.3 is 12.1 Å². The number of rotatable bonds is 2. The van der Waals surface area contributed by atoms with Crippen molar-refractivity contribution >= 4 is 23.7 Å². The number of hydrogen-bond acceptors (Lipinski definition) is 5. The summed E-state index contributed by atoms with van der Waals surface area (Å²) in [5.74, 6) is -1.06. The van der Waals surface area contributed by atoms with Crippen molar-refractivity contribution in [3.63, 3.8) is 0 Å². The lowest BCUT2D eigenvalue weighted by Crippen LogP contribution is -2.09. The Morgan fingerprint density at radius 1 is 1.47 bits per heavy atom. The molecule has 1 N–H and O–H groups in total. The van der Waals surface area contributed by atoms with Crippen LogP contribution in [-0.2, 0) is 4.74 Å². The van der Waals surface area contributed by atoms with E-state index in [-0.39, 0.29) is 16.6 Å². The summed E-state index contributed by atoms with van der Waals surface area (Å²) >= 11 is 5.59. The highest BCUT2D eigenvalue weighted by molar-refractivity contribution is 6.32. The number of esters is 1. The normalized spacial score (nSPS) is 9.47. The zero-order valence-corrected chi connectivity index (χ0v) is 8.32. The Balaban J connectivity index is 3.05. The minimum atomic E-state index is -1.56. The summed E-state index contributed by atoms with van der Waals surface area (Å²) in [4.78, 5) is 24.8. The van der Waals surface area contributed by atoms with Crippen LogP contribution in [0.5, 0.6) is 5.88 Å². The van der Waals surface area contributed by atoms with Crippen molar-refractivity contribution in [1.82, 2.24) is 4.98 Å². The smallest absolute Gasteiger partial charge is 0.464 e. The van der Waals surface area contributed by atoms with E-state index in [1.165, 1.54) is 19.2 Å². The number of methoxy groups -OCH3 is 1. The Hall–Kier alpha value is -1.82. The number of aromatic nitrogens is 1. The molecule has 0 atom stereocenters. The highest BCUT2D eigenvalue weighted by atomic mass is 35.5. The second-order valence-corrected chi connectivity index (χ2v) is 2.75. The molecule has 7 heteroatoms. The first-order valence-corrected chi connectivity index (χ1v) is 4.08. The Morgan fingerprint density at radius 2 is 2.13 bits per heavy atom. The second kappa shape index (κ2) is 4.61. The minimum absolute atomic E-state index is 0.00921. The van der Waals surface area contributed by atoms with E-state index in [0.29, 0.717) is 0 Å². The molecule has 0 saturated heterocycles. The van der Waals surface area contributed by atoms with E-state index < -0.39 is 12.1 Å². The van der Waals surface area contributed by atoms with Gasteiger partial charge in [0, 0.05) is 0 Å². The highest BCUT2D eigenvalue weighted by Crippen LogP contribution is 2.22. The molecule has 0 amide bonds. The monoisotopic (exact) mass is 231 g/mol. The number of ether oxygens (including phenoxy) is 2. The lowest BCUT2D eigenvalue weighted by Gasteiger charge is -2.03. The van der Waals surface area contributed by atoms with Gasteiger partial charge in [-0.05, 0) is 12.1 Å². The molecule has 80 valence electrons. The van der Waals surface area contributed by atoms with Gasteiger partial charge in [0.15, 0.2) is 5.69 Å². The van der Waals surface area contributed by atoms with Crippen LogP contribution < -0.4 is 4.74 Å². The number of carboxylic acid groups (broad SMARTS) is 1. The van der Waals surface area contributed by atoms with Crippen LogP contribution in [-0.4, -0.2) is 29.3 Å². The molecule has 0 aliphatic carbocycles. The minimum Gasteiger partial charge on any atom is -0.464 e. The average Bonchev–Trinajstić information content (AvgIpc) is 2.19. The van der Waals surface area contributed by atoms with Crippen LogP contribution >= 0.6 is 11.6 Å². The zero-order valence-electron chi connectivity index (χ0n) is 7.56. The molecule has 6 nitrogen and oxygen atoms in total. The van der Waals surface area contributed by atoms with Crippen molar-refractivity contribution in [2.45, 2.75) is 0 Å². The van der Waals surface area contributed by atoms with Gasteiger partial charge in [0.05, 0.1) is 7.11 Å². The zero-order chi connectivity index (χ0) is 11.4. The number of carbonyl (C=O) groups excluding carboxylic acids is 1. The number of nitrogens with zero attached hydrogens (tertiary/aromatic N) is 1. The molecule has 0 saturated carbocycles. The Kier molecular flexibility index (Phi) is 3.46. The van der Waals surface area contributed by atoms with Crippen molar-refractivity contribution in [3.8, 4) is 5.88 Å². The van der Waals surface area contributed by atoms with Gasteiger partial charge in [-0.1, -0.05) is 11.6 Å². The van der Waals surface area contributed by atoms with Crippen LogP contribution in [0.4, 0.5) is 4.79 Å². The third kappa shape index (κ3) is 2.81. The molecule has 1 heterocycles. The molecule has 0 spiro atoms. The van der Waals surface area contributed by atoms with Crippen molar-refractivity contribution in [2.24, 2.45) is 0 Å². The highest BCUT2D eigenvalue weighted by Gasteiger charge is 2.13. The van der Waals surface area contributed by atoms with Crippen LogP contribution in [0.25, 0.3) is 0 Å². The molecule has 0 aliphatic heterocycles. The van der Waals surface area contributed by atoms with Gasteiger partial charge in [0.1, 0.15) is 5.02 Å². The molecule has 0 unspecified atom stereocenters. The van der Waals surface area contributed by atoms with Crippen molar-refractivity contribution in [2.75, 3.05) is 7.11 Å². The Bertz CT molecular complexity index is 406. The third-order valence-electron chi connectivity index (χ3n) is 1.39. The largest absolute Gasteiger partial charge is 0.512 e. The first kappa shape index (κ1) is 11.3. The lowest BCUT2D eigenvalue weighted by atomic mass is 10.3. The molecular formula is C8H6ClNO5. The van der Waals surface area contributed by atoms with Gasteiger partial charge in [0.2, 0.25) is 5.88 Å². The number of hydrogen-bond donors (Lipinski definition) is 1. The predicted molar refractivity (Wildman–Crippen MR) is 49.2 cm³/mol. The first-order valence-electron chi connectivity index (χ1n) is 3.70. The predicted octanol–water partition coefficient (Wildman–Crippen LogP) is 1.58. The molecule has 15 heavy (non-hydrogen) atoms. The summed E-state index contributed by atoms with van der Waals surface area (Å²) in [7, 11) is 1.18. The van der Waals surface area contributed by atoms with Crippen LogP contribution in [0.2, 0.25) is 5.02 Å². The summed E-state index contributed by atoms with van der Waals surface area (Å²) in [6, 6.07) is 2.59. The summed E-state index contributed by atoms with van der Waals surface area (Å²) < 4.78 is 8.63. The van der Waals surface area contributed by atoms with Gasteiger partial charge in [-0.25, -0.2) is 14.6 Å². The van der Waals surface area contributed by atoms with Gasteiger partial charge < -0.3 is 14.6 Å². The summed E-state index contributed by atoms with van der Waals surface area (Å²) in [5.41, 5.74) is -0.0850. The van der Waals surface area contributed by atoms with Crippen LogP contribution in [0.1, 0.15) is 10.5 Å². The standard InChI is InChI=1S/C8H6ClNO5/c1-14-7(11)5-3-2-4(9)6(10-5)15-8(12)13/h2-3H,1H3,(H,12,13). The molecule has 1 aromatic heterocycles. The molecule has 0 radical (unpaired) electrons. The van der Waals surface area contributed by atoms with Gasteiger partial charge in [-0.15, -0.1) is 0 Å². The molecule has 1 rings (SSSR count). The molecular weight excluding hydrogens is 226 g/mol. The summed E-state index contributed by atoms with van der Waals surface area (Å²) in [5, 5.41) is 8.33. The maximum absolute atomic E-state index is 11.0. The van der Waals surface area contributed by atoms with E-state index in [0.717, 1.165) is 0 Å². The topological polar surface area (TPSA) is 85.7 Å². The van der Waals surface area contributed by atoms with Gasteiger partial charge in [-0.3, -0.25) is 0 Å². The fourth-order valence-corrected chi connectivity index (χ4v) is 0.940. The fourth-order valence-electron chi connectivity index (χ4n) is 0.796. The number of halogens is 1. The summed E-state index contributed by atoms with van der Waals surface area (Å²) in [6.45, 7) is 0. The van der Waals surface area contributed by atoms with Gasteiger partial charge in [-0.2, -0.15) is 0 Å². The van der Waals surface area contributed by atoms with Gasteiger partial charge in [0.25, 0.3) is 0 Å². The first-order chi connectivity index (χ1) is 7.04. The summed E-state index contributed by atoms with van der Waals surface area (Å²) in [6.07, 6.45) is -1.56. The molecule has 0 aliphatic rings. The molecule has 0 bridgehead atoms.